The second kappa shape index (κ2) is 2.83. The average Bonchev–Trinajstić information content (AvgIpc) is 2.36. The number of alkyl halides is 4. The van der Waals surface area contributed by atoms with Crippen molar-refractivity contribution in [3.8, 4) is 0 Å². The standard InChI is InChI=1S/C7H10Cl4/c1-6(2)3-4(6)5(8)7(9,10)11/h4-5H,3H2,1-2H3. The van der Waals surface area contributed by atoms with Gasteiger partial charge in [-0.15, -0.1) is 11.6 Å². The van der Waals surface area contributed by atoms with Crippen molar-refractivity contribution in [3.05, 3.63) is 0 Å². The van der Waals surface area contributed by atoms with Crippen LogP contribution in [-0.2, 0) is 0 Å². The van der Waals surface area contributed by atoms with Gasteiger partial charge in [0.1, 0.15) is 0 Å². The summed E-state index contributed by atoms with van der Waals surface area (Å²) in [7, 11) is 0. The van der Waals surface area contributed by atoms with Crippen LogP contribution in [0.5, 0.6) is 0 Å². The summed E-state index contributed by atoms with van der Waals surface area (Å²) in [4.78, 5) is 0. The van der Waals surface area contributed by atoms with E-state index in [0.29, 0.717) is 5.92 Å². The summed E-state index contributed by atoms with van der Waals surface area (Å²) in [5.41, 5.74) is 0.260. The molecule has 1 aliphatic rings. The molecular formula is C7H10Cl4. The highest BCUT2D eigenvalue weighted by atomic mass is 35.6. The van der Waals surface area contributed by atoms with Gasteiger partial charge in [-0.1, -0.05) is 48.7 Å². The van der Waals surface area contributed by atoms with Gasteiger partial charge in [0.2, 0.25) is 3.79 Å². The topological polar surface area (TPSA) is 0 Å². The van der Waals surface area contributed by atoms with Crippen molar-refractivity contribution < 1.29 is 0 Å². The third-order valence-electron chi connectivity index (χ3n) is 2.26. The van der Waals surface area contributed by atoms with Crippen LogP contribution in [-0.4, -0.2) is 9.17 Å². The Kier molecular flexibility index (Phi) is 2.64. The number of hydrogen-bond donors (Lipinski definition) is 0. The zero-order valence-corrected chi connectivity index (χ0v) is 9.40. The highest BCUT2D eigenvalue weighted by Crippen LogP contribution is 2.59. The predicted octanol–water partition coefficient (Wildman–Crippen LogP) is 4.01. The Bertz CT molecular complexity index is 158. The Labute approximate surface area is 87.1 Å². The summed E-state index contributed by atoms with van der Waals surface area (Å²) in [5.74, 6) is 0.344. The van der Waals surface area contributed by atoms with Crippen molar-refractivity contribution in [2.45, 2.75) is 29.4 Å². The molecular weight excluding hydrogens is 226 g/mol. The van der Waals surface area contributed by atoms with Gasteiger partial charge in [0.15, 0.2) is 0 Å². The van der Waals surface area contributed by atoms with Crippen LogP contribution in [0.4, 0.5) is 0 Å². The van der Waals surface area contributed by atoms with Gasteiger partial charge in [-0.25, -0.2) is 0 Å². The molecule has 2 unspecified atom stereocenters. The smallest absolute Gasteiger partial charge is 0.118 e. The molecule has 11 heavy (non-hydrogen) atoms. The van der Waals surface area contributed by atoms with Crippen LogP contribution in [0.25, 0.3) is 0 Å². The van der Waals surface area contributed by atoms with E-state index in [1.54, 1.807) is 0 Å². The lowest BCUT2D eigenvalue weighted by Crippen LogP contribution is -2.23. The van der Waals surface area contributed by atoms with Crippen molar-refractivity contribution in [3.63, 3.8) is 0 Å². The van der Waals surface area contributed by atoms with Crippen LogP contribution in [0.15, 0.2) is 0 Å². The largest absolute Gasteiger partial charge is 0.206 e. The van der Waals surface area contributed by atoms with Gasteiger partial charge >= 0.3 is 0 Å². The molecule has 0 amide bonds. The van der Waals surface area contributed by atoms with Gasteiger partial charge in [0, 0.05) is 0 Å². The summed E-state index contributed by atoms with van der Waals surface area (Å²) in [5, 5.41) is -0.359. The third-order valence-corrected chi connectivity index (χ3v) is 3.93. The number of hydrogen-bond acceptors (Lipinski definition) is 0. The molecule has 1 rings (SSSR count). The molecule has 1 aliphatic carbocycles. The maximum Gasteiger partial charge on any atom is 0.206 e. The van der Waals surface area contributed by atoms with Crippen LogP contribution in [0, 0.1) is 11.3 Å². The molecule has 0 saturated heterocycles. The highest BCUT2D eigenvalue weighted by Gasteiger charge is 2.55. The molecule has 4 heteroatoms. The molecule has 2 atom stereocenters. The second-order valence-electron chi connectivity index (χ2n) is 3.74. The lowest BCUT2D eigenvalue weighted by Gasteiger charge is -2.19. The van der Waals surface area contributed by atoms with Crippen LogP contribution in [0.3, 0.4) is 0 Å². The highest BCUT2D eigenvalue weighted by molar-refractivity contribution is 6.70. The number of halogens is 4. The molecule has 1 fully saturated rings. The molecule has 0 aromatic carbocycles. The van der Waals surface area contributed by atoms with E-state index in [0.717, 1.165) is 6.42 Å². The van der Waals surface area contributed by atoms with E-state index in [2.05, 4.69) is 13.8 Å². The van der Waals surface area contributed by atoms with E-state index in [1.807, 2.05) is 0 Å². The second-order valence-corrected chi connectivity index (χ2v) is 6.58. The fraction of sp³-hybridized carbons (Fsp3) is 1.00. The molecule has 0 nitrogen and oxygen atoms in total. The Morgan fingerprint density at radius 3 is 1.82 bits per heavy atom. The van der Waals surface area contributed by atoms with Gasteiger partial charge in [-0.3, -0.25) is 0 Å². The lowest BCUT2D eigenvalue weighted by atomic mass is 10.1. The molecule has 1 saturated carbocycles. The molecule has 0 aliphatic heterocycles. The minimum atomic E-state index is -1.32. The molecule has 0 spiro atoms. The Morgan fingerprint density at radius 2 is 1.73 bits per heavy atom. The SMILES string of the molecule is CC1(C)CC1C(Cl)C(Cl)(Cl)Cl. The van der Waals surface area contributed by atoms with E-state index >= 15 is 0 Å². The van der Waals surface area contributed by atoms with Crippen LogP contribution in [0.1, 0.15) is 20.3 Å². The monoisotopic (exact) mass is 234 g/mol. The van der Waals surface area contributed by atoms with E-state index < -0.39 is 3.79 Å². The van der Waals surface area contributed by atoms with Crippen molar-refractivity contribution >= 4 is 46.4 Å². The molecule has 0 bridgehead atoms. The first kappa shape index (κ1) is 10.2. The van der Waals surface area contributed by atoms with Crippen molar-refractivity contribution in [2.24, 2.45) is 11.3 Å². The van der Waals surface area contributed by atoms with Gasteiger partial charge < -0.3 is 0 Å². The van der Waals surface area contributed by atoms with Gasteiger partial charge in [-0.05, 0) is 17.8 Å². The first-order valence-corrected chi connectivity index (χ1v) is 5.03. The fourth-order valence-corrected chi connectivity index (χ4v) is 2.12. The van der Waals surface area contributed by atoms with Crippen LogP contribution < -0.4 is 0 Å². The average molecular weight is 236 g/mol. The van der Waals surface area contributed by atoms with Gasteiger partial charge in [-0.2, -0.15) is 0 Å². The third kappa shape index (κ3) is 2.30. The van der Waals surface area contributed by atoms with Gasteiger partial charge in [0.05, 0.1) is 5.38 Å². The summed E-state index contributed by atoms with van der Waals surface area (Å²) in [6, 6.07) is 0. The van der Waals surface area contributed by atoms with E-state index in [4.69, 9.17) is 46.4 Å². The zero-order valence-electron chi connectivity index (χ0n) is 6.37. The maximum atomic E-state index is 5.94. The maximum absolute atomic E-state index is 5.94. The summed E-state index contributed by atoms with van der Waals surface area (Å²) in [6.45, 7) is 4.26. The van der Waals surface area contributed by atoms with E-state index in [1.165, 1.54) is 0 Å². The summed E-state index contributed by atoms with van der Waals surface area (Å²) < 4.78 is -1.32. The summed E-state index contributed by atoms with van der Waals surface area (Å²) >= 11 is 22.9. The minimum absolute atomic E-state index is 0.260. The molecule has 0 N–H and O–H groups in total. The quantitative estimate of drug-likeness (QED) is 0.603. The number of rotatable bonds is 1. The van der Waals surface area contributed by atoms with Crippen molar-refractivity contribution in [1.82, 2.24) is 0 Å². The molecule has 0 aromatic heterocycles. The first-order chi connectivity index (χ1) is 4.75. The Balaban J connectivity index is 2.52. The minimum Gasteiger partial charge on any atom is -0.118 e. The molecule has 0 aromatic rings. The Morgan fingerprint density at radius 1 is 1.36 bits per heavy atom. The zero-order chi connectivity index (χ0) is 8.86. The van der Waals surface area contributed by atoms with Crippen molar-refractivity contribution in [1.29, 1.82) is 0 Å². The molecule has 0 heterocycles. The van der Waals surface area contributed by atoms with Crippen LogP contribution in [0.2, 0.25) is 0 Å². The normalized spacial score (nSPS) is 31.6. The van der Waals surface area contributed by atoms with E-state index in [-0.39, 0.29) is 10.8 Å². The fourth-order valence-electron chi connectivity index (χ4n) is 1.24. The molecule has 0 radical (unpaired) electrons. The first-order valence-electron chi connectivity index (χ1n) is 3.46. The van der Waals surface area contributed by atoms with E-state index in [9.17, 15) is 0 Å². The van der Waals surface area contributed by atoms with Gasteiger partial charge in [0.25, 0.3) is 0 Å². The summed E-state index contributed by atoms with van der Waals surface area (Å²) in [6.07, 6.45) is 1.05. The molecule has 66 valence electrons. The lowest BCUT2D eigenvalue weighted by molar-refractivity contribution is 0.542. The van der Waals surface area contributed by atoms with Crippen molar-refractivity contribution in [2.75, 3.05) is 0 Å². The van der Waals surface area contributed by atoms with Crippen LogP contribution >= 0.6 is 46.4 Å². The Hall–Kier alpha value is 1.16. The predicted molar refractivity (Wildman–Crippen MR) is 51.8 cm³/mol.